The van der Waals surface area contributed by atoms with Gasteiger partial charge in [0.1, 0.15) is 5.75 Å². The summed E-state index contributed by atoms with van der Waals surface area (Å²) in [5.74, 6) is 0.743. The van der Waals surface area contributed by atoms with Gasteiger partial charge in [0.15, 0.2) is 5.78 Å². The van der Waals surface area contributed by atoms with Crippen LogP contribution < -0.4 is 10.1 Å². The second-order valence-corrected chi connectivity index (χ2v) is 4.97. The fourth-order valence-electron chi connectivity index (χ4n) is 2.55. The number of benzene rings is 2. The van der Waals surface area contributed by atoms with E-state index in [0.29, 0.717) is 11.3 Å². The first-order chi connectivity index (χ1) is 9.78. The SMILES string of the molecule is COc1cccc(C(=O)c2ccc3c(c2)CNCC3)c1. The second kappa shape index (κ2) is 5.47. The first-order valence-corrected chi connectivity index (χ1v) is 6.79. The summed E-state index contributed by atoms with van der Waals surface area (Å²) in [5.41, 5.74) is 3.96. The number of carbonyl (C=O) groups excluding carboxylic acids is 1. The van der Waals surface area contributed by atoms with Crippen LogP contribution in [0.3, 0.4) is 0 Å². The quantitative estimate of drug-likeness (QED) is 0.869. The van der Waals surface area contributed by atoms with E-state index < -0.39 is 0 Å². The number of ether oxygens (including phenoxy) is 1. The average molecular weight is 267 g/mol. The molecular weight excluding hydrogens is 250 g/mol. The zero-order valence-corrected chi connectivity index (χ0v) is 11.5. The number of hydrogen-bond donors (Lipinski definition) is 1. The molecule has 1 N–H and O–H groups in total. The third-order valence-electron chi connectivity index (χ3n) is 3.69. The third kappa shape index (κ3) is 2.45. The van der Waals surface area contributed by atoms with E-state index in [2.05, 4.69) is 11.4 Å². The molecule has 3 nitrogen and oxygen atoms in total. The van der Waals surface area contributed by atoms with Gasteiger partial charge < -0.3 is 10.1 Å². The Morgan fingerprint density at radius 1 is 1.10 bits per heavy atom. The van der Waals surface area contributed by atoms with Crippen molar-refractivity contribution in [2.45, 2.75) is 13.0 Å². The number of ketones is 1. The van der Waals surface area contributed by atoms with Crippen LogP contribution in [0.25, 0.3) is 0 Å². The standard InChI is InChI=1S/C17H17NO2/c1-20-16-4-2-3-13(10-16)17(19)14-6-5-12-7-8-18-11-15(12)9-14/h2-6,9-10,18H,7-8,11H2,1H3. The molecule has 0 bridgehead atoms. The minimum Gasteiger partial charge on any atom is -0.497 e. The molecule has 3 rings (SSSR count). The topological polar surface area (TPSA) is 38.3 Å². The Balaban J connectivity index is 1.93. The van der Waals surface area contributed by atoms with Crippen molar-refractivity contribution >= 4 is 5.78 Å². The van der Waals surface area contributed by atoms with Crippen LogP contribution >= 0.6 is 0 Å². The van der Waals surface area contributed by atoms with Crippen molar-refractivity contribution in [2.24, 2.45) is 0 Å². The van der Waals surface area contributed by atoms with Crippen LogP contribution in [0.2, 0.25) is 0 Å². The van der Waals surface area contributed by atoms with E-state index in [0.717, 1.165) is 25.1 Å². The molecule has 3 heteroatoms. The Labute approximate surface area is 118 Å². The molecule has 0 spiro atoms. The highest BCUT2D eigenvalue weighted by molar-refractivity contribution is 6.09. The summed E-state index contributed by atoms with van der Waals surface area (Å²) < 4.78 is 5.17. The number of carbonyl (C=O) groups is 1. The zero-order chi connectivity index (χ0) is 13.9. The van der Waals surface area contributed by atoms with Gasteiger partial charge in [-0.15, -0.1) is 0 Å². The highest BCUT2D eigenvalue weighted by atomic mass is 16.5. The van der Waals surface area contributed by atoms with Crippen molar-refractivity contribution in [2.75, 3.05) is 13.7 Å². The van der Waals surface area contributed by atoms with Crippen molar-refractivity contribution < 1.29 is 9.53 Å². The van der Waals surface area contributed by atoms with Crippen LogP contribution in [0.5, 0.6) is 5.75 Å². The van der Waals surface area contributed by atoms with E-state index in [1.807, 2.05) is 30.3 Å². The molecule has 0 aromatic heterocycles. The maximum Gasteiger partial charge on any atom is 0.193 e. The van der Waals surface area contributed by atoms with Gasteiger partial charge in [0.25, 0.3) is 0 Å². The lowest BCUT2D eigenvalue weighted by molar-refractivity contribution is 0.103. The molecule has 1 aliphatic heterocycles. The minimum atomic E-state index is 0.0391. The van der Waals surface area contributed by atoms with Crippen LogP contribution in [0.15, 0.2) is 42.5 Å². The Kier molecular flexibility index (Phi) is 3.52. The lowest BCUT2D eigenvalue weighted by atomic mass is 9.95. The van der Waals surface area contributed by atoms with Gasteiger partial charge in [-0.2, -0.15) is 0 Å². The highest BCUT2D eigenvalue weighted by Gasteiger charge is 2.14. The number of hydrogen-bond acceptors (Lipinski definition) is 3. The van der Waals surface area contributed by atoms with Crippen LogP contribution in [-0.4, -0.2) is 19.4 Å². The maximum atomic E-state index is 12.5. The summed E-state index contributed by atoms with van der Waals surface area (Å²) in [7, 11) is 1.61. The summed E-state index contributed by atoms with van der Waals surface area (Å²) in [4.78, 5) is 12.5. The van der Waals surface area contributed by atoms with Crippen molar-refractivity contribution in [1.29, 1.82) is 0 Å². The van der Waals surface area contributed by atoms with Crippen molar-refractivity contribution in [1.82, 2.24) is 5.32 Å². The summed E-state index contributed by atoms with van der Waals surface area (Å²) >= 11 is 0. The first-order valence-electron chi connectivity index (χ1n) is 6.79. The maximum absolute atomic E-state index is 12.5. The molecule has 1 heterocycles. The Morgan fingerprint density at radius 3 is 2.80 bits per heavy atom. The summed E-state index contributed by atoms with van der Waals surface area (Å²) in [5, 5.41) is 3.33. The molecule has 1 aliphatic rings. The van der Waals surface area contributed by atoms with Crippen molar-refractivity contribution in [3.05, 3.63) is 64.7 Å². The van der Waals surface area contributed by atoms with Crippen molar-refractivity contribution in [3.63, 3.8) is 0 Å². The fraction of sp³-hybridized carbons (Fsp3) is 0.235. The number of methoxy groups -OCH3 is 1. The van der Waals surface area contributed by atoms with E-state index in [1.54, 1.807) is 13.2 Å². The second-order valence-electron chi connectivity index (χ2n) is 4.97. The lowest BCUT2D eigenvalue weighted by Crippen LogP contribution is -2.23. The molecule has 0 saturated carbocycles. The largest absolute Gasteiger partial charge is 0.497 e. The average Bonchev–Trinajstić information content (AvgIpc) is 2.53. The molecule has 0 atom stereocenters. The smallest absolute Gasteiger partial charge is 0.193 e. The van der Waals surface area contributed by atoms with Gasteiger partial charge in [0, 0.05) is 17.7 Å². The van der Waals surface area contributed by atoms with Gasteiger partial charge in [-0.1, -0.05) is 24.3 Å². The summed E-state index contributed by atoms with van der Waals surface area (Å²) in [6.07, 6.45) is 1.03. The zero-order valence-electron chi connectivity index (χ0n) is 11.5. The molecular formula is C17H17NO2. The van der Waals surface area contributed by atoms with Gasteiger partial charge in [0.05, 0.1) is 7.11 Å². The third-order valence-corrected chi connectivity index (χ3v) is 3.69. The van der Waals surface area contributed by atoms with E-state index >= 15 is 0 Å². The van der Waals surface area contributed by atoms with Gasteiger partial charge in [-0.05, 0) is 42.3 Å². The lowest BCUT2D eigenvalue weighted by Gasteiger charge is -2.17. The molecule has 0 fully saturated rings. The van der Waals surface area contributed by atoms with E-state index in [4.69, 9.17) is 4.74 Å². The van der Waals surface area contributed by atoms with Gasteiger partial charge in [-0.25, -0.2) is 0 Å². The molecule has 0 unspecified atom stereocenters. The monoisotopic (exact) mass is 267 g/mol. The Bertz CT molecular complexity index is 649. The molecule has 2 aromatic carbocycles. The van der Waals surface area contributed by atoms with Crippen molar-refractivity contribution in [3.8, 4) is 5.75 Å². The van der Waals surface area contributed by atoms with Crippen LogP contribution in [0, 0.1) is 0 Å². The predicted molar refractivity (Wildman–Crippen MR) is 78.3 cm³/mol. The first kappa shape index (κ1) is 12.9. The van der Waals surface area contributed by atoms with E-state index in [9.17, 15) is 4.79 Å². The van der Waals surface area contributed by atoms with Gasteiger partial charge >= 0.3 is 0 Å². The van der Waals surface area contributed by atoms with Gasteiger partial charge in [0.2, 0.25) is 0 Å². The summed E-state index contributed by atoms with van der Waals surface area (Å²) in [6.45, 7) is 1.85. The molecule has 0 saturated heterocycles. The minimum absolute atomic E-state index is 0.0391. The van der Waals surface area contributed by atoms with E-state index in [-0.39, 0.29) is 5.78 Å². The predicted octanol–water partition coefficient (Wildman–Crippen LogP) is 2.57. The fourth-order valence-corrected chi connectivity index (χ4v) is 2.55. The number of nitrogens with one attached hydrogen (secondary N) is 1. The highest BCUT2D eigenvalue weighted by Crippen LogP contribution is 2.20. The van der Waals surface area contributed by atoms with Crippen LogP contribution in [-0.2, 0) is 13.0 Å². The molecule has 2 aromatic rings. The van der Waals surface area contributed by atoms with Crippen LogP contribution in [0.1, 0.15) is 27.0 Å². The van der Waals surface area contributed by atoms with Crippen LogP contribution in [0.4, 0.5) is 0 Å². The summed E-state index contributed by atoms with van der Waals surface area (Å²) in [6, 6.07) is 13.3. The van der Waals surface area contributed by atoms with Gasteiger partial charge in [-0.3, -0.25) is 4.79 Å². The molecule has 0 radical (unpaired) electrons. The normalized spacial score (nSPS) is 13.7. The molecule has 0 amide bonds. The van der Waals surface area contributed by atoms with E-state index in [1.165, 1.54) is 11.1 Å². The number of fused-ring (bicyclic) bond motifs is 1. The Morgan fingerprint density at radius 2 is 1.95 bits per heavy atom. The molecule has 102 valence electrons. The molecule has 20 heavy (non-hydrogen) atoms. The number of rotatable bonds is 3. The Hall–Kier alpha value is -2.13. The molecule has 0 aliphatic carbocycles.